The van der Waals surface area contributed by atoms with E-state index in [0.717, 1.165) is 38.5 Å². The van der Waals surface area contributed by atoms with Gasteiger partial charge in [0.1, 0.15) is 0 Å². The molecule has 1 amide bonds. The van der Waals surface area contributed by atoms with Crippen molar-refractivity contribution >= 4 is 5.91 Å². The van der Waals surface area contributed by atoms with E-state index in [-0.39, 0.29) is 17.9 Å². The molecule has 0 bridgehead atoms. The van der Waals surface area contributed by atoms with Crippen molar-refractivity contribution in [2.24, 2.45) is 11.7 Å². The summed E-state index contributed by atoms with van der Waals surface area (Å²) in [5, 5.41) is 12.8. The van der Waals surface area contributed by atoms with Crippen molar-refractivity contribution < 1.29 is 9.90 Å². The summed E-state index contributed by atoms with van der Waals surface area (Å²) in [4.78, 5) is 11.9. The van der Waals surface area contributed by atoms with Gasteiger partial charge >= 0.3 is 0 Å². The molecule has 1 rings (SSSR count). The summed E-state index contributed by atoms with van der Waals surface area (Å²) >= 11 is 0. The molecule has 0 spiro atoms. The zero-order valence-electron chi connectivity index (χ0n) is 11.0. The molecule has 1 saturated carbocycles. The second kappa shape index (κ2) is 6.97. The van der Waals surface area contributed by atoms with Gasteiger partial charge in [-0.05, 0) is 18.8 Å². The molecule has 0 aromatic carbocycles. The van der Waals surface area contributed by atoms with Gasteiger partial charge in [-0.15, -0.1) is 0 Å². The number of nitrogens with two attached hydrogens (primary N) is 1. The van der Waals surface area contributed by atoms with E-state index in [9.17, 15) is 9.90 Å². The molecule has 0 radical (unpaired) electrons. The molecule has 0 heterocycles. The van der Waals surface area contributed by atoms with Crippen molar-refractivity contribution in [1.29, 1.82) is 0 Å². The number of hydrogen-bond donors (Lipinski definition) is 3. The van der Waals surface area contributed by atoms with E-state index in [4.69, 9.17) is 5.73 Å². The van der Waals surface area contributed by atoms with Crippen LogP contribution in [0.4, 0.5) is 0 Å². The average Bonchev–Trinajstić information content (AvgIpc) is 2.53. The van der Waals surface area contributed by atoms with Crippen LogP contribution in [0, 0.1) is 5.92 Å². The Balaban J connectivity index is 2.48. The van der Waals surface area contributed by atoms with Crippen molar-refractivity contribution in [3.8, 4) is 0 Å². The van der Waals surface area contributed by atoms with Gasteiger partial charge in [0.05, 0.1) is 18.2 Å². The Kier molecular flexibility index (Phi) is 5.92. The van der Waals surface area contributed by atoms with Crippen molar-refractivity contribution in [3.05, 3.63) is 0 Å². The first kappa shape index (κ1) is 14.5. The molecule has 1 fully saturated rings. The summed E-state index contributed by atoms with van der Waals surface area (Å²) in [6, 6.07) is -0.574. The second-order valence-corrected chi connectivity index (χ2v) is 5.23. The maximum Gasteiger partial charge on any atom is 0.237 e. The lowest BCUT2D eigenvalue weighted by molar-refractivity contribution is -0.125. The maximum atomic E-state index is 11.9. The average molecular weight is 242 g/mol. The summed E-state index contributed by atoms with van der Waals surface area (Å²) in [6.07, 6.45) is 5.38. The van der Waals surface area contributed by atoms with Gasteiger partial charge in [-0.1, -0.05) is 39.5 Å². The third-order valence-corrected chi connectivity index (χ3v) is 3.87. The smallest absolute Gasteiger partial charge is 0.237 e. The van der Waals surface area contributed by atoms with Crippen LogP contribution < -0.4 is 11.1 Å². The van der Waals surface area contributed by atoms with Crippen molar-refractivity contribution in [2.75, 3.05) is 0 Å². The number of rotatable bonds is 4. The molecule has 0 saturated heterocycles. The molecule has 4 nitrogen and oxygen atoms in total. The van der Waals surface area contributed by atoms with Crippen molar-refractivity contribution in [3.63, 3.8) is 0 Å². The highest BCUT2D eigenvalue weighted by Gasteiger charge is 2.26. The van der Waals surface area contributed by atoms with Crippen LogP contribution in [0.5, 0.6) is 0 Å². The molecule has 1 aliphatic carbocycles. The first-order valence-electron chi connectivity index (χ1n) is 6.80. The summed E-state index contributed by atoms with van der Waals surface area (Å²) in [5.74, 6) is 0.0585. The number of aliphatic hydroxyl groups is 1. The number of carbonyl (C=O) groups excluding carboxylic acids is 1. The molecular formula is C13H26N2O2. The van der Waals surface area contributed by atoms with Crippen LogP contribution in [0.3, 0.4) is 0 Å². The highest BCUT2D eigenvalue weighted by atomic mass is 16.3. The van der Waals surface area contributed by atoms with Crippen LogP contribution in [-0.4, -0.2) is 29.2 Å². The Morgan fingerprint density at radius 3 is 2.71 bits per heavy atom. The molecule has 0 aliphatic heterocycles. The molecule has 1 aliphatic rings. The lowest BCUT2D eigenvalue weighted by atomic mass is 9.98. The normalized spacial score (nSPS) is 29.2. The summed E-state index contributed by atoms with van der Waals surface area (Å²) in [7, 11) is 0. The summed E-state index contributed by atoms with van der Waals surface area (Å²) in [5.41, 5.74) is 5.88. The molecule has 3 unspecified atom stereocenters. The maximum absolute atomic E-state index is 11.9. The minimum atomic E-state index is -0.463. The topological polar surface area (TPSA) is 75.4 Å². The largest absolute Gasteiger partial charge is 0.391 e. The summed E-state index contributed by atoms with van der Waals surface area (Å²) < 4.78 is 0. The fourth-order valence-corrected chi connectivity index (χ4v) is 2.25. The third-order valence-electron chi connectivity index (χ3n) is 3.87. The van der Waals surface area contributed by atoms with E-state index >= 15 is 0 Å². The quantitative estimate of drug-likeness (QED) is 0.648. The first-order chi connectivity index (χ1) is 8.06. The minimum Gasteiger partial charge on any atom is -0.391 e. The van der Waals surface area contributed by atoms with E-state index in [1.807, 2.05) is 13.8 Å². The van der Waals surface area contributed by atoms with Gasteiger partial charge in [0.2, 0.25) is 5.91 Å². The van der Waals surface area contributed by atoms with E-state index in [2.05, 4.69) is 5.32 Å². The lowest BCUT2D eigenvalue weighted by Gasteiger charge is -2.25. The predicted molar refractivity (Wildman–Crippen MR) is 68.5 cm³/mol. The van der Waals surface area contributed by atoms with Crippen LogP contribution in [0.1, 0.15) is 52.4 Å². The van der Waals surface area contributed by atoms with Gasteiger partial charge in [0.15, 0.2) is 0 Å². The van der Waals surface area contributed by atoms with Gasteiger partial charge < -0.3 is 16.2 Å². The van der Waals surface area contributed by atoms with Gasteiger partial charge in [-0.25, -0.2) is 0 Å². The Hall–Kier alpha value is -0.610. The van der Waals surface area contributed by atoms with Crippen molar-refractivity contribution in [2.45, 2.75) is 70.6 Å². The van der Waals surface area contributed by atoms with Gasteiger partial charge in [0, 0.05) is 0 Å². The van der Waals surface area contributed by atoms with Crippen LogP contribution >= 0.6 is 0 Å². The molecule has 4 heteroatoms. The Morgan fingerprint density at radius 2 is 2.06 bits per heavy atom. The number of amides is 1. The van der Waals surface area contributed by atoms with Crippen LogP contribution in [0.2, 0.25) is 0 Å². The first-order valence-corrected chi connectivity index (χ1v) is 6.80. The number of carbonyl (C=O) groups is 1. The Labute approximate surface area is 104 Å². The van der Waals surface area contributed by atoms with Crippen molar-refractivity contribution in [1.82, 2.24) is 5.32 Å². The molecule has 4 N–H and O–H groups in total. The van der Waals surface area contributed by atoms with Crippen LogP contribution in [0.15, 0.2) is 0 Å². The summed E-state index contributed by atoms with van der Waals surface area (Å²) in [6.45, 7) is 4.01. The van der Waals surface area contributed by atoms with Gasteiger partial charge in [-0.3, -0.25) is 4.79 Å². The van der Waals surface area contributed by atoms with E-state index in [0.29, 0.717) is 0 Å². The molecule has 4 atom stereocenters. The number of hydrogen-bond acceptors (Lipinski definition) is 3. The van der Waals surface area contributed by atoms with E-state index in [1.165, 1.54) is 0 Å². The molecule has 17 heavy (non-hydrogen) atoms. The van der Waals surface area contributed by atoms with Crippen LogP contribution in [-0.2, 0) is 4.79 Å². The molecular weight excluding hydrogens is 216 g/mol. The highest BCUT2D eigenvalue weighted by Crippen LogP contribution is 2.18. The zero-order chi connectivity index (χ0) is 12.8. The fourth-order valence-electron chi connectivity index (χ4n) is 2.25. The Morgan fingerprint density at radius 1 is 1.41 bits per heavy atom. The SMILES string of the molecule is CCC(C)[C@H](N)C(=O)NC1CCCCCC1O. The molecule has 0 aromatic heterocycles. The van der Waals surface area contributed by atoms with Crippen LogP contribution in [0.25, 0.3) is 0 Å². The monoisotopic (exact) mass is 242 g/mol. The number of nitrogens with one attached hydrogen (secondary N) is 1. The molecule has 0 aromatic rings. The predicted octanol–water partition coefficient (Wildman–Crippen LogP) is 1.17. The third kappa shape index (κ3) is 4.28. The lowest BCUT2D eigenvalue weighted by Crippen LogP contribution is -2.51. The standard InChI is InChI=1S/C13H26N2O2/c1-3-9(2)12(14)13(17)15-10-7-5-4-6-8-11(10)16/h9-12,16H,3-8,14H2,1-2H3,(H,15,17)/t9?,10?,11?,12-/m0/s1. The van der Waals surface area contributed by atoms with E-state index < -0.39 is 12.1 Å². The fraction of sp³-hybridized carbons (Fsp3) is 0.923. The molecule has 100 valence electrons. The second-order valence-electron chi connectivity index (χ2n) is 5.23. The Bertz CT molecular complexity index is 246. The zero-order valence-corrected chi connectivity index (χ0v) is 11.0. The minimum absolute atomic E-state index is 0.111. The van der Waals surface area contributed by atoms with E-state index in [1.54, 1.807) is 0 Å². The number of aliphatic hydroxyl groups excluding tert-OH is 1. The highest BCUT2D eigenvalue weighted by molar-refractivity contribution is 5.82. The van der Waals surface area contributed by atoms with Gasteiger partial charge in [0.25, 0.3) is 0 Å². The van der Waals surface area contributed by atoms with Gasteiger partial charge in [-0.2, -0.15) is 0 Å².